The van der Waals surface area contributed by atoms with Crippen molar-refractivity contribution in [2.24, 2.45) is 10.9 Å². The number of amides is 1. The smallest absolute Gasteiger partial charge is 0.237 e. The van der Waals surface area contributed by atoms with Gasteiger partial charge >= 0.3 is 0 Å². The van der Waals surface area contributed by atoms with Crippen LogP contribution in [0.2, 0.25) is 0 Å². The molecule has 1 aliphatic carbocycles. The van der Waals surface area contributed by atoms with Crippen LogP contribution in [-0.2, 0) is 10.2 Å². The molecule has 2 aliphatic heterocycles. The van der Waals surface area contributed by atoms with E-state index in [1.165, 1.54) is 11.6 Å². The Labute approximate surface area is 252 Å². The van der Waals surface area contributed by atoms with Gasteiger partial charge in [-0.05, 0) is 87.3 Å². The minimum Gasteiger partial charge on any atom is -0.361 e. The van der Waals surface area contributed by atoms with Crippen molar-refractivity contribution in [2.45, 2.75) is 110 Å². The molecule has 0 radical (unpaired) electrons. The van der Waals surface area contributed by atoms with E-state index in [0.717, 1.165) is 73.9 Å². The van der Waals surface area contributed by atoms with E-state index in [-0.39, 0.29) is 18.0 Å². The van der Waals surface area contributed by atoms with E-state index in [1.54, 1.807) is 12.2 Å². The summed E-state index contributed by atoms with van der Waals surface area (Å²) in [5.74, 6) is 1.25. The van der Waals surface area contributed by atoms with Crippen LogP contribution in [0.4, 0.5) is 10.1 Å². The lowest BCUT2D eigenvalue weighted by Gasteiger charge is -2.42. The molecular formula is C36H49FN4O. The molecule has 0 saturated heterocycles. The first-order valence-corrected chi connectivity index (χ1v) is 15.9. The Bertz CT molecular complexity index is 1320. The van der Waals surface area contributed by atoms with E-state index in [0.29, 0.717) is 17.4 Å². The Balaban J connectivity index is 1.79. The van der Waals surface area contributed by atoms with Gasteiger partial charge in [0.25, 0.3) is 0 Å². The van der Waals surface area contributed by atoms with Gasteiger partial charge in [-0.25, -0.2) is 4.39 Å². The summed E-state index contributed by atoms with van der Waals surface area (Å²) in [5.41, 5.74) is 4.93. The lowest BCUT2D eigenvalue weighted by atomic mass is 9.73. The van der Waals surface area contributed by atoms with E-state index in [2.05, 4.69) is 74.1 Å². The van der Waals surface area contributed by atoms with Gasteiger partial charge in [0.05, 0.1) is 22.9 Å². The molecular weight excluding hydrogens is 523 g/mol. The van der Waals surface area contributed by atoms with Crippen LogP contribution in [0.15, 0.2) is 82.7 Å². The predicted octanol–water partition coefficient (Wildman–Crippen LogP) is 8.83. The van der Waals surface area contributed by atoms with Gasteiger partial charge in [0.2, 0.25) is 5.91 Å². The molecule has 1 aromatic carbocycles. The zero-order valence-electron chi connectivity index (χ0n) is 26.4. The summed E-state index contributed by atoms with van der Waals surface area (Å²) in [4.78, 5) is 21.2. The molecule has 0 aromatic heterocycles. The topological polar surface area (TPSA) is 56.7 Å². The molecule has 1 aromatic rings. The highest BCUT2D eigenvalue weighted by molar-refractivity contribution is 6.08. The van der Waals surface area contributed by atoms with E-state index in [1.807, 2.05) is 20.1 Å². The maximum atomic E-state index is 14.7. The van der Waals surface area contributed by atoms with E-state index in [4.69, 9.17) is 4.99 Å². The zero-order valence-corrected chi connectivity index (χ0v) is 26.4. The number of fused-ring (bicyclic) bond motifs is 1. The highest BCUT2D eigenvalue weighted by atomic mass is 19.1. The zero-order chi connectivity index (χ0) is 30.4. The number of halogens is 1. The Morgan fingerprint density at radius 2 is 1.93 bits per heavy atom. The predicted molar refractivity (Wildman–Crippen MR) is 174 cm³/mol. The van der Waals surface area contributed by atoms with Crippen molar-refractivity contribution >= 4 is 17.8 Å². The second-order valence-corrected chi connectivity index (χ2v) is 11.9. The molecule has 6 heteroatoms. The minimum absolute atomic E-state index is 0.210. The Morgan fingerprint density at radius 3 is 2.52 bits per heavy atom. The number of carbonyl (C=O) groups excluding carboxylic acids is 1. The quantitative estimate of drug-likeness (QED) is 0.183. The van der Waals surface area contributed by atoms with Gasteiger partial charge in [0.15, 0.2) is 0 Å². The fraction of sp³-hybridized carbons (Fsp3) is 0.500. The van der Waals surface area contributed by atoms with Crippen LogP contribution < -0.4 is 15.5 Å². The van der Waals surface area contributed by atoms with Crippen LogP contribution in [0.5, 0.6) is 0 Å². The molecule has 2 N–H and O–H groups in total. The molecule has 226 valence electrons. The number of anilines is 1. The van der Waals surface area contributed by atoms with Gasteiger partial charge in [-0.2, -0.15) is 0 Å². The summed E-state index contributed by atoms with van der Waals surface area (Å²) in [6.07, 6.45) is 16.5. The Morgan fingerprint density at radius 1 is 1.21 bits per heavy atom. The normalized spacial score (nSPS) is 24.0. The summed E-state index contributed by atoms with van der Waals surface area (Å²) in [5, 5.41) is 6.86. The summed E-state index contributed by atoms with van der Waals surface area (Å²) < 4.78 is 14.7. The summed E-state index contributed by atoms with van der Waals surface area (Å²) in [6.45, 7) is 16.1. The van der Waals surface area contributed by atoms with Crippen molar-refractivity contribution in [3.63, 3.8) is 0 Å². The first-order valence-electron chi connectivity index (χ1n) is 15.9. The molecule has 5 nitrogen and oxygen atoms in total. The Hall–Kier alpha value is -3.41. The van der Waals surface area contributed by atoms with E-state index >= 15 is 0 Å². The third-order valence-electron chi connectivity index (χ3n) is 9.12. The second-order valence-electron chi connectivity index (χ2n) is 11.9. The molecule has 42 heavy (non-hydrogen) atoms. The molecule has 2 heterocycles. The fourth-order valence-electron chi connectivity index (χ4n) is 6.82. The lowest BCUT2D eigenvalue weighted by Crippen LogP contribution is -2.50. The number of carbonyl (C=O) groups is 1. The molecule has 1 unspecified atom stereocenters. The number of benzene rings is 1. The first-order chi connectivity index (χ1) is 20.3. The van der Waals surface area contributed by atoms with Crippen molar-refractivity contribution < 1.29 is 9.18 Å². The van der Waals surface area contributed by atoms with Gasteiger partial charge < -0.3 is 15.5 Å². The highest BCUT2D eigenvalue weighted by Crippen LogP contribution is 2.52. The van der Waals surface area contributed by atoms with Crippen LogP contribution in [0, 0.1) is 5.92 Å². The van der Waals surface area contributed by atoms with Gasteiger partial charge in [-0.1, -0.05) is 71.7 Å². The van der Waals surface area contributed by atoms with Gasteiger partial charge in [0.1, 0.15) is 11.6 Å². The number of nitrogens with one attached hydrogen (secondary N) is 2. The summed E-state index contributed by atoms with van der Waals surface area (Å²) in [6, 6.07) is 6.64. The van der Waals surface area contributed by atoms with Crippen LogP contribution in [0.3, 0.4) is 0 Å². The molecule has 3 aliphatic rings. The van der Waals surface area contributed by atoms with Crippen molar-refractivity contribution in [3.8, 4) is 0 Å². The molecule has 0 bridgehead atoms. The van der Waals surface area contributed by atoms with Gasteiger partial charge in [-0.15, -0.1) is 0 Å². The van der Waals surface area contributed by atoms with E-state index < -0.39 is 11.2 Å². The molecule has 1 atom stereocenters. The van der Waals surface area contributed by atoms with Crippen LogP contribution >= 0.6 is 0 Å². The van der Waals surface area contributed by atoms with Gasteiger partial charge in [-0.3, -0.25) is 9.79 Å². The number of nitrogens with zero attached hydrogens (tertiary/aromatic N) is 2. The standard InChI is InChI=1S/C36H49FN4O/c1-8-14-30(29(37)13-6)39-34-24(7)31(38-19-11-4)23-32(40-34)26-15-16-28-33(22-26)41(27-20-25(12-5)21-27)35(42)36(28,17-9-2)18-10-3/h8,13-16,19,22-23,25,27,32,39-40H,6,9-12,17-18,20-21H2,1-5,7H3/b14-8-,30-29-,38-19?. The minimum atomic E-state index is -0.446. The molecule has 1 saturated carbocycles. The van der Waals surface area contributed by atoms with Crippen LogP contribution in [-0.4, -0.2) is 18.2 Å². The summed E-state index contributed by atoms with van der Waals surface area (Å²) in [7, 11) is 0. The monoisotopic (exact) mass is 572 g/mol. The number of dihydropyridines is 1. The number of hydrogen-bond acceptors (Lipinski definition) is 4. The summed E-state index contributed by atoms with van der Waals surface area (Å²) >= 11 is 0. The maximum Gasteiger partial charge on any atom is 0.237 e. The fourth-order valence-corrected chi connectivity index (χ4v) is 6.82. The number of hydrogen-bond donors (Lipinski definition) is 2. The van der Waals surface area contributed by atoms with Gasteiger partial charge in [0, 0.05) is 23.5 Å². The lowest BCUT2D eigenvalue weighted by molar-refractivity contribution is -0.124. The number of rotatable bonds is 13. The first kappa shape index (κ1) is 31.5. The van der Waals surface area contributed by atoms with Crippen LogP contribution in [0.1, 0.15) is 110 Å². The van der Waals surface area contributed by atoms with E-state index in [9.17, 15) is 9.18 Å². The SMILES string of the molecule is C=C/C(F)=C(\C=C/C)NC1=C(C)C(N=CCC)=CC(c2ccc3c(c2)N(C2CC(CC)C2)C(=O)C3(CCC)CCC)N1. The number of aliphatic imine (C=N–C) groups is 1. The second kappa shape index (κ2) is 13.7. The largest absolute Gasteiger partial charge is 0.361 e. The Kier molecular flexibility index (Phi) is 10.3. The van der Waals surface area contributed by atoms with Crippen LogP contribution in [0.25, 0.3) is 0 Å². The van der Waals surface area contributed by atoms with Crippen molar-refractivity contribution in [3.05, 3.63) is 88.8 Å². The third kappa shape index (κ3) is 5.91. The van der Waals surface area contributed by atoms with Crippen molar-refractivity contribution in [1.29, 1.82) is 0 Å². The molecule has 0 spiro atoms. The molecule has 4 rings (SSSR count). The number of allylic oxidation sites excluding steroid dienone is 5. The molecule has 1 fully saturated rings. The maximum absolute atomic E-state index is 14.7. The van der Waals surface area contributed by atoms with Crippen molar-refractivity contribution in [2.75, 3.05) is 4.90 Å². The average Bonchev–Trinajstić information content (AvgIpc) is 3.19. The highest BCUT2D eigenvalue weighted by Gasteiger charge is 2.53. The third-order valence-corrected chi connectivity index (χ3v) is 9.12. The molecule has 1 amide bonds. The van der Waals surface area contributed by atoms with Crippen molar-refractivity contribution in [1.82, 2.24) is 10.6 Å². The average molecular weight is 573 g/mol.